The zero-order valence-electron chi connectivity index (χ0n) is 16.6. The first kappa shape index (κ1) is 17.9. The highest BCUT2D eigenvalue weighted by molar-refractivity contribution is 6.15. The topological polar surface area (TPSA) is 39.2 Å². The van der Waals surface area contributed by atoms with Crippen molar-refractivity contribution in [3.05, 3.63) is 77.5 Å². The summed E-state index contributed by atoms with van der Waals surface area (Å²) in [5.74, 6) is -0.324. The van der Waals surface area contributed by atoms with Gasteiger partial charge in [-0.05, 0) is 83.5 Å². The van der Waals surface area contributed by atoms with E-state index in [1.807, 2.05) is 13.0 Å². The lowest BCUT2D eigenvalue weighted by Gasteiger charge is -2.20. The normalized spacial score (nSPS) is 13.4. The number of carbonyl (C=O) groups is 1. The molecule has 0 saturated carbocycles. The Hall–Kier alpha value is -3.20. The summed E-state index contributed by atoms with van der Waals surface area (Å²) in [4.78, 5) is 17.2. The van der Waals surface area contributed by atoms with E-state index in [4.69, 9.17) is 4.74 Å². The Morgan fingerprint density at radius 1 is 0.931 bits per heavy atom. The van der Waals surface area contributed by atoms with Crippen molar-refractivity contribution in [2.24, 2.45) is 0 Å². The molecule has 4 aromatic rings. The molecule has 0 saturated heterocycles. The zero-order valence-corrected chi connectivity index (χ0v) is 16.6. The van der Waals surface area contributed by atoms with E-state index >= 15 is 0 Å². The van der Waals surface area contributed by atoms with Crippen LogP contribution in [-0.2, 0) is 17.6 Å². The van der Waals surface area contributed by atoms with Gasteiger partial charge in [-0.2, -0.15) is 0 Å². The van der Waals surface area contributed by atoms with Gasteiger partial charge in [0.15, 0.2) is 0 Å². The van der Waals surface area contributed by atoms with Crippen molar-refractivity contribution in [1.29, 1.82) is 0 Å². The van der Waals surface area contributed by atoms with Crippen molar-refractivity contribution < 1.29 is 9.53 Å². The lowest BCUT2D eigenvalue weighted by molar-refractivity contribution is 0.0527. The maximum absolute atomic E-state index is 12.6. The number of fused-ring (bicyclic) bond motifs is 5. The van der Waals surface area contributed by atoms with Gasteiger partial charge >= 0.3 is 5.97 Å². The van der Waals surface area contributed by atoms with Crippen LogP contribution in [-0.4, -0.2) is 17.6 Å². The molecule has 0 unspecified atom stereocenters. The van der Waals surface area contributed by atoms with Crippen LogP contribution in [0.1, 0.15) is 41.3 Å². The molecule has 1 heterocycles. The first-order chi connectivity index (χ1) is 14.3. The van der Waals surface area contributed by atoms with Crippen LogP contribution < -0.4 is 0 Å². The maximum Gasteiger partial charge on any atom is 0.340 e. The van der Waals surface area contributed by atoms with Gasteiger partial charge in [0.25, 0.3) is 0 Å². The van der Waals surface area contributed by atoms with Gasteiger partial charge in [-0.15, -0.1) is 0 Å². The van der Waals surface area contributed by atoms with Crippen LogP contribution in [0.2, 0.25) is 0 Å². The van der Waals surface area contributed by atoms with Gasteiger partial charge in [-0.1, -0.05) is 36.4 Å². The summed E-state index contributed by atoms with van der Waals surface area (Å²) in [6.07, 6.45) is 6.48. The second-order valence-corrected chi connectivity index (χ2v) is 7.60. The molecule has 1 aliphatic rings. The Kier molecular flexibility index (Phi) is 4.51. The van der Waals surface area contributed by atoms with Gasteiger partial charge < -0.3 is 4.74 Å². The molecule has 144 valence electrons. The Morgan fingerprint density at radius 2 is 1.72 bits per heavy atom. The molecule has 0 N–H and O–H groups in total. The summed E-state index contributed by atoms with van der Waals surface area (Å²) in [5.41, 5.74) is 5.11. The van der Waals surface area contributed by atoms with Crippen LogP contribution in [0.4, 0.5) is 0 Å². The fourth-order valence-corrected chi connectivity index (χ4v) is 4.62. The molecule has 1 aliphatic carbocycles. The highest BCUT2D eigenvalue weighted by Crippen LogP contribution is 2.39. The molecule has 1 aromatic heterocycles. The number of carbonyl (C=O) groups excluding carboxylic acids is 1. The number of esters is 1. The smallest absolute Gasteiger partial charge is 0.340 e. The number of rotatable bonds is 3. The molecule has 0 aliphatic heterocycles. The molecular weight excluding hydrogens is 358 g/mol. The van der Waals surface area contributed by atoms with E-state index in [2.05, 4.69) is 41.4 Å². The second-order valence-electron chi connectivity index (χ2n) is 7.60. The highest BCUT2D eigenvalue weighted by Gasteiger charge is 2.20. The predicted octanol–water partition coefficient (Wildman–Crippen LogP) is 6.11. The summed E-state index contributed by atoms with van der Waals surface area (Å²) in [7, 11) is 0. The van der Waals surface area contributed by atoms with Crippen LogP contribution in [0.25, 0.3) is 32.8 Å². The van der Waals surface area contributed by atoms with Crippen molar-refractivity contribution in [1.82, 2.24) is 4.98 Å². The molecule has 0 radical (unpaired) electrons. The van der Waals surface area contributed by atoms with E-state index in [0.29, 0.717) is 17.9 Å². The predicted molar refractivity (Wildman–Crippen MR) is 117 cm³/mol. The molecule has 3 heteroatoms. The standard InChI is InChI=1S/C26H23NO2/c1-2-29-26(28)22-12-7-15-27-25(22)24-16-23-18-9-4-3-8-17(18)13-14-21(23)19-10-5-6-11-20(19)24/h5-7,10-16H,2-4,8-9H2,1H3. The quantitative estimate of drug-likeness (QED) is 0.317. The molecule has 5 rings (SSSR count). The van der Waals surface area contributed by atoms with Gasteiger partial charge in [0.1, 0.15) is 0 Å². The SMILES string of the molecule is CCOC(=O)c1cccnc1-c1cc2c3c(ccc2c2ccccc12)CCCC3. The lowest BCUT2D eigenvalue weighted by atomic mass is 9.84. The summed E-state index contributed by atoms with van der Waals surface area (Å²) >= 11 is 0. The van der Waals surface area contributed by atoms with E-state index in [1.165, 1.54) is 40.1 Å². The van der Waals surface area contributed by atoms with E-state index in [1.54, 1.807) is 18.3 Å². The van der Waals surface area contributed by atoms with E-state index in [-0.39, 0.29) is 5.97 Å². The van der Waals surface area contributed by atoms with Gasteiger partial charge in [-0.3, -0.25) is 4.98 Å². The lowest BCUT2D eigenvalue weighted by Crippen LogP contribution is -2.08. The highest BCUT2D eigenvalue weighted by atomic mass is 16.5. The van der Waals surface area contributed by atoms with Gasteiger partial charge in [-0.25, -0.2) is 4.79 Å². The number of aromatic nitrogens is 1. The average molecular weight is 381 g/mol. The average Bonchev–Trinajstić information content (AvgIpc) is 2.78. The third-order valence-corrected chi connectivity index (χ3v) is 5.93. The van der Waals surface area contributed by atoms with Gasteiger partial charge in [0.2, 0.25) is 0 Å². The summed E-state index contributed by atoms with van der Waals surface area (Å²) in [6.45, 7) is 2.17. The molecule has 3 nitrogen and oxygen atoms in total. The first-order valence-electron chi connectivity index (χ1n) is 10.4. The molecule has 0 fully saturated rings. The minimum atomic E-state index is -0.324. The molecule has 0 spiro atoms. The molecule has 0 bridgehead atoms. The van der Waals surface area contributed by atoms with Crippen LogP contribution >= 0.6 is 0 Å². The number of ether oxygens (including phenoxy) is 1. The van der Waals surface area contributed by atoms with Crippen LogP contribution in [0.5, 0.6) is 0 Å². The van der Waals surface area contributed by atoms with Crippen molar-refractivity contribution >= 4 is 27.5 Å². The maximum atomic E-state index is 12.6. The van der Waals surface area contributed by atoms with Crippen LogP contribution in [0.15, 0.2) is 60.8 Å². The monoisotopic (exact) mass is 381 g/mol. The number of aryl methyl sites for hydroxylation is 2. The first-order valence-corrected chi connectivity index (χ1v) is 10.4. The van der Waals surface area contributed by atoms with Crippen molar-refractivity contribution in [2.45, 2.75) is 32.6 Å². The number of pyridine rings is 1. The van der Waals surface area contributed by atoms with E-state index in [0.717, 1.165) is 23.8 Å². The molecule has 0 amide bonds. The summed E-state index contributed by atoms with van der Waals surface area (Å²) in [5, 5.41) is 4.88. The molecular formula is C26H23NO2. The number of benzene rings is 3. The largest absolute Gasteiger partial charge is 0.462 e. The van der Waals surface area contributed by atoms with E-state index < -0.39 is 0 Å². The Balaban J connectivity index is 1.86. The third-order valence-electron chi connectivity index (χ3n) is 5.93. The van der Waals surface area contributed by atoms with Crippen molar-refractivity contribution in [2.75, 3.05) is 6.61 Å². The van der Waals surface area contributed by atoms with Crippen molar-refractivity contribution in [3.8, 4) is 11.3 Å². The fraction of sp³-hybridized carbons (Fsp3) is 0.231. The number of hydrogen-bond donors (Lipinski definition) is 0. The molecule has 3 aromatic carbocycles. The van der Waals surface area contributed by atoms with Crippen LogP contribution in [0.3, 0.4) is 0 Å². The van der Waals surface area contributed by atoms with Crippen LogP contribution in [0, 0.1) is 0 Å². The number of hydrogen-bond acceptors (Lipinski definition) is 3. The van der Waals surface area contributed by atoms with E-state index in [9.17, 15) is 4.79 Å². The Labute approximate surface area is 170 Å². The summed E-state index contributed by atoms with van der Waals surface area (Å²) < 4.78 is 5.30. The zero-order chi connectivity index (χ0) is 19.8. The molecule has 29 heavy (non-hydrogen) atoms. The summed E-state index contributed by atoms with van der Waals surface area (Å²) in [6, 6.07) is 18.8. The Morgan fingerprint density at radius 3 is 2.59 bits per heavy atom. The Bertz CT molecular complexity index is 1240. The van der Waals surface area contributed by atoms with Crippen molar-refractivity contribution in [3.63, 3.8) is 0 Å². The third kappa shape index (κ3) is 2.98. The fourth-order valence-electron chi connectivity index (χ4n) is 4.62. The minimum Gasteiger partial charge on any atom is -0.462 e. The van der Waals surface area contributed by atoms with Gasteiger partial charge in [0, 0.05) is 11.8 Å². The number of nitrogens with zero attached hydrogens (tertiary/aromatic N) is 1. The van der Waals surface area contributed by atoms with Gasteiger partial charge in [0.05, 0.1) is 17.9 Å². The molecule has 0 atom stereocenters. The second kappa shape index (κ2) is 7.32. The minimum absolute atomic E-state index is 0.324.